The van der Waals surface area contributed by atoms with Crippen molar-refractivity contribution in [2.24, 2.45) is 0 Å². The van der Waals surface area contributed by atoms with Crippen LogP contribution in [0, 0.1) is 16.4 Å². The van der Waals surface area contributed by atoms with Gasteiger partial charge < -0.3 is 9.55 Å². The molecule has 0 aliphatic rings. The lowest BCUT2D eigenvalue weighted by Gasteiger charge is -2.05. The summed E-state index contributed by atoms with van der Waals surface area (Å²) in [6.07, 6.45) is 0.506. The Kier molecular flexibility index (Phi) is 3.91. The maximum Gasteiger partial charge on any atom is 0.178 e. The van der Waals surface area contributed by atoms with E-state index in [-0.39, 0.29) is 0 Å². The van der Waals surface area contributed by atoms with Gasteiger partial charge in [0.1, 0.15) is 11.6 Å². The van der Waals surface area contributed by atoms with Gasteiger partial charge in [0, 0.05) is 17.1 Å². The number of aryl methyl sites for hydroxylation is 2. The Morgan fingerprint density at radius 2 is 1.81 bits per heavy atom. The number of H-pyrrole nitrogens is 1. The van der Waals surface area contributed by atoms with Gasteiger partial charge in [-0.3, -0.25) is 0 Å². The van der Waals surface area contributed by atoms with Gasteiger partial charge in [-0.1, -0.05) is 15.9 Å². The number of rotatable bonds is 3. The number of nitrogens with zero attached hydrogens (tertiary/aromatic N) is 1. The van der Waals surface area contributed by atoms with Crippen LogP contribution < -0.4 is 0 Å². The number of halogens is 3. The number of nitrogens with one attached hydrogen (secondary N) is 1. The third-order valence-corrected chi connectivity index (χ3v) is 4.10. The number of hydrogen-bond acceptors (Lipinski definition) is 1. The molecule has 0 saturated carbocycles. The molecule has 0 atom stereocenters. The summed E-state index contributed by atoms with van der Waals surface area (Å²) >= 11 is 8.72. The Morgan fingerprint density at radius 3 is 2.52 bits per heavy atom. The van der Waals surface area contributed by atoms with Gasteiger partial charge in [-0.2, -0.15) is 0 Å². The van der Waals surface area contributed by atoms with Crippen LogP contribution in [0.2, 0.25) is 0 Å². The summed E-state index contributed by atoms with van der Waals surface area (Å²) in [6, 6.07) is 9.40. The molecule has 0 saturated heterocycles. The predicted molar refractivity (Wildman–Crippen MR) is 84.9 cm³/mol. The maximum absolute atomic E-state index is 13.2. The third-order valence-electron chi connectivity index (χ3n) is 3.28. The van der Waals surface area contributed by atoms with Gasteiger partial charge in [-0.05, 0) is 54.5 Å². The molecule has 3 rings (SSSR count). The molecule has 0 radical (unpaired) electrons. The Morgan fingerprint density at radius 1 is 1.10 bits per heavy atom. The van der Waals surface area contributed by atoms with E-state index < -0.39 is 11.6 Å². The monoisotopic (exact) mass is 368 g/mol. The molecule has 0 bridgehead atoms. The fourth-order valence-corrected chi connectivity index (χ4v) is 3.01. The normalized spacial score (nSPS) is 11.2. The number of imidazole rings is 1. The second kappa shape index (κ2) is 5.69. The summed E-state index contributed by atoms with van der Waals surface area (Å²) in [6.45, 7) is 0.559. The van der Waals surface area contributed by atoms with E-state index in [1.54, 1.807) is 0 Å². The molecule has 1 aromatic heterocycles. The average molecular weight is 369 g/mol. The topological polar surface area (TPSA) is 20.7 Å². The molecule has 108 valence electrons. The molecule has 1 N–H and O–H groups in total. The zero-order valence-corrected chi connectivity index (χ0v) is 13.3. The first-order valence-electron chi connectivity index (χ1n) is 6.36. The van der Waals surface area contributed by atoms with Crippen molar-refractivity contribution >= 4 is 39.2 Å². The number of aromatic nitrogens is 2. The Labute approximate surface area is 133 Å². The average Bonchev–Trinajstić information content (AvgIpc) is 2.70. The van der Waals surface area contributed by atoms with Crippen LogP contribution in [0.4, 0.5) is 8.78 Å². The molecule has 0 amide bonds. The highest BCUT2D eigenvalue weighted by Crippen LogP contribution is 2.20. The van der Waals surface area contributed by atoms with E-state index in [1.165, 1.54) is 12.1 Å². The second-order valence-corrected chi connectivity index (χ2v) is 6.07. The van der Waals surface area contributed by atoms with Gasteiger partial charge in [0.15, 0.2) is 4.77 Å². The number of fused-ring (bicyclic) bond motifs is 1. The van der Waals surface area contributed by atoms with Crippen molar-refractivity contribution < 1.29 is 8.78 Å². The van der Waals surface area contributed by atoms with Gasteiger partial charge in [0.2, 0.25) is 0 Å². The van der Waals surface area contributed by atoms with Crippen LogP contribution in [0.3, 0.4) is 0 Å². The Balaban J connectivity index is 1.91. The van der Waals surface area contributed by atoms with Crippen molar-refractivity contribution in [3.63, 3.8) is 0 Å². The molecule has 1 heterocycles. The number of hydrogen-bond donors (Lipinski definition) is 1. The predicted octanol–water partition coefficient (Wildman–Crippen LogP) is 4.98. The summed E-state index contributed by atoms with van der Waals surface area (Å²) < 4.78 is 29.9. The van der Waals surface area contributed by atoms with Gasteiger partial charge in [-0.25, -0.2) is 8.78 Å². The summed E-state index contributed by atoms with van der Waals surface area (Å²) in [7, 11) is 0. The van der Waals surface area contributed by atoms with Crippen molar-refractivity contribution in [1.29, 1.82) is 0 Å². The summed E-state index contributed by atoms with van der Waals surface area (Å²) in [5.74, 6) is -1.12. The van der Waals surface area contributed by atoms with Crippen molar-refractivity contribution in [3.05, 3.63) is 62.8 Å². The van der Waals surface area contributed by atoms with E-state index in [4.69, 9.17) is 12.2 Å². The van der Waals surface area contributed by atoms with Crippen LogP contribution in [0.1, 0.15) is 5.56 Å². The lowest BCUT2D eigenvalue weighted by atomic mass is 10.1. The molecular formula is C15H11BrF2N2S. The zero-order chi connectivity index (χ0) is 15.0. The standard InChI is InChI=1S/C15H11BrF2N2S/c16-10-1-2-14-13(7-10)19-15(21)20(14)4-3-9-5-11(17)8-12(18)6-9/h1-2,5-8H,3-4H2,(H,19,21). The van der Waals surface area contributed by atoms with E-state index in [1.807, 2.05) is 22.8 Å². The van der Waals surface area contributed by atoms with Gasteiger partial charge in [0.05, 0.1) is 11.0 Å². The molecule has 0 unspecified atom stereocenters. The number of aromatic amines is 1. The van der Waals surface area contributed by atoms with Crippen molar-refractivity contribution in [2.75, 3.05) is 0 Å². The quantitative estimate of drug-likeness (QED) is 0.646. The van der Waals surface area contributed by atoms with Crippen molar-refractivity contribution in [1.82, 2.24) is 9.55 Å². The minimum Gasteiger partial charge on any atom is -0.331 e. The Hall–Kier alpha value is -1.53. The Bertz CT molecular complexity index is 849. The van der Waals surface area contributed by atoms with E-state index in [0.717, 1.165) is 21.6 Å². The first-order valence-corrected chi connectivity index (χ1v) is 7.56. The summed E-state index contributed by atoms with van der Waals surface area (Å²) in [4.78, 5) is 3.13. The minimum atomic E-state index is -0.559. The van der Waals surface area contributed by atoms with Gasteiger partial charge in [0.25, 0.3) is 0 Å². The van der Waals surface area contributed by atoms with E-state index in [2.05, 4.69) is 20.9 Å². The lowest BCUT2D eigenvalue weighted by molar-refractivity contribution is 0.577. The summed E-state index contributed by atoms with van der Waals surface area (Å²) in [5, 5.41) is 0. The van der Waals surface area contributed by atoms with Crippen LogP contribution in [0.25, 0.3) is 11.0 Å². The van der Waals surface area contributed by atoms with Crippen LogP contribution >= 0.6 is 28.1 Å². The van der Waals surface area contributed by atoms with Gasteiger partial charge in [-0.15, -0.1) is 0 Å². The SMILES string of the molecule is Fc1cc(F)cc(CCn2c(=S)[nH]c3cc(Br)ccc32)c1. The lowest BCUT2D eigenvalue weighted by Crippen LogP contribution is -2.02. The number of benzene rings is 2. The smallest absolute Gasteiger partial charge is 0.178 e. The fraction of sp³-hybridized carbons (Fsp3) is 0.133. The van der Waals surface area contributed by atoms with E-state index in [0.29, 0.717) is 23.3 Å². The molecular weight excluding hydrogens is 358 g/mol. The van der Waals surface area contributed by atoms with Crippen molar-refractivity contribution in [3.8, 4) is 0 Å². The van der Waals surface area contributed by atoms with E-state index >= 15 is 0 Å². The highest BCUT2D eigenvalue weighted by atomic mass is 79.9. The molecule has 21 heavy (non-hydrogen) atoms. The molecule has 6 heteroatoms. The summed E-state index contributed by atoms with van der Waals surface area (Å²) in [5.41, 5.74) is 2.51. The fourth-order valence-electron chi connectivity index (χ4n) is 2.35. The first-order chi connectivity index (χ1) is 10.0. The largest absolute Gasteiger partial charge is 0.331 e. The van der Waals surface area contributed by atoms with Crippen LogP contribution in [0.15, 0.2) is 40.9 Å². The van der Waals surface area contributed by atoms with Crippen LogP contribution in [-0.2, 0) is 13.0 Å². The highest BCUT2D eigenvalue weighted by molar-refractivity contribution is 9.10. The van der Waals surface area contributed by atoms with Crippen LogP contribution in [0.5, 0.6) is 0 Å². The van der Waals surface area contributed by atoms with Crippen LogP contribution in [-0.4, -0.2) is 9.55 Å². The zero-order valence-electron chi connectivity index (χ0n) is 10.9. The first kappa shape index (κ1) is 14.4. The third kappa shape index (κ3) is 3.06. The molecule has 0 spiro atoms. The van der Waals surface area contributed by atoms with E-state index in [9.17, 15) is 8.78 Å². The maximum atomic E-state index is 13.2. The molecule has 2 aromatic carbocycles. The molecule has 0 aliphatic heterocycles. The molecule has 0 aliphatic carbocycles. The van der Waals surface area contributed by atoms with Crippen molar-refractivity contribution in [2.45, 2.75) is 13.0 Å². The second-order valence-electron chi connectivity index (χ2n) is 4.77. The highest BCUT2D eigenvalue weighted by Gasteiger charge is 2.06. The molecule has 2 nitrogen and oxygen atoms in total. The molecule has 3 aromatic rings. The minimum absolute atomic E-state index is 0.506. The van der Waals surface area contributed by atoms with Gasteiger partial charge >= 0.3 is 0 Å². The molecule has 0 fully saturated rings.